The van der Waals surface area contributed by atoms with E-state index in [1.807, 2.05) is 0 Å². The smallest absolute Gasteiger partial charge is 0.876 e. The molecule has 0 aromatic heterocycles. The third kappa shape index (κ3) is 41.8. The second-order valence-corrected chi connectivity index (χ2v) is 5.77. The topological polar surface area (TPSA) is 158 Å². The number of carbonyl (C=O) groups excluding carboxylic acids is 3. The van der Waals surface area contributed by atoms with Crippen LogP contribution in [0, 0.1) is 0 Å². The summed E-state index contributed by atoms with van der Waals surface area (Å²) in [5.74, 6) is -2.00. The molecule has 1 rings (SSSR count). The molecule has 1 aromatic rings. The van der Waals surface area contributed by atoms with Crippen molar-refractivity contribution in [1.29, 1.82) is 0 Å². The van der Waals surface area contributed by atoms with Crippen LogP contribution in [0.3, 0.4) is 0 Å². The molecule has 1 aromatic carbocycles. The first kappa shape index (κ1) is 40.0. The van der Waals surface area contributed by atoms with Crippen LogP contribution in [0.5, 0.6) is 0 Å². The van der Waals surface area contributed by atoms with Gasteiger partial charge < -0.3 is 20.4 Å². The minimum absolute atomic E-state index is 0. The number of carbonyl (C=O) groups is 4. The van der Waals surface area contributed by atoms with E-state index in [4.69, 9.17) is 5.11 Å². The molecule has 0 aliphatic heterocycles. The van der Waals surface area contributed by atoms with Crippen molar-refractivity contribution in [2.24, 2.45) is 0 Å². The van der Waals surface area contributed by atoms with Crippen molar-refractivity contribution in [2.75, 3.05) is 0 Å². The van der Waals surface area contributed by atoms with Gasteiger partial charge in [0.25, 0.3) is 0 Å². The Labute approximate surface area is 214 Å². The molecule has 1 N–H and O–H groups in total. The Balaban J connectivity index is -0.000000100. The third-order valence-electron chi connectivity index (χ3n) is 2.24. The zero-order valence-electron chi connectivity index (χ0n) is 19.3. The van der Waals surface area contributed by atoms with Gasteiger partial charge >= 0.3 is 25.4 Å². The second kappa shape index (κ2) is 24.8. The van der Waals surface area contributed by atoms with Gasteiger partial charge in [-0.25, -0.2) is 4.79 Å². The minimum Gasteiger partial charge on any atom is -0.876 e. The van der Waals surface area contributed by atoms with Gasteiger partial charge in [0.1, 0.15) is 0 Å². The van der Waals surface area contributed by atoms with Crippen LogP contribution in [0.15, 0.2) is 65.8 Å². The molecule has 0 saturated carbocycles. The summed E-state index contributed by atoms with van der Waals surface area (Å²) in [5, 5.41) is 38.3. The number of hydrogen-bond donors (Lipinski definition) is 1. The maximum Gasteiger partial charge on any atom is 2.00 e. The van der Waals surface area contributed by atoms with Crippen LogP contribution < -0.4 is 15.3 Å². The Morgan fingerprint density at radius 1 is 0.656 bits per heavy atom. The van der Waals surface area contributed by atoms with Gasteiger partial charge in [-0.1, -0.05) is 39.0 Å². The van der Waals surface area contributed by atoms with Gasteiger partial charge in [-0.3, -0.25) is 14.4 Å². The number of allylic oxidation sites excluding steroid dienone is 6. The molecular formula is C22H27O8Zn2-. The van der Waals surface area contributed by atoms with Gasteiger partial charge in [-0.05, 0) is 51.1 Å². The summed E-state index contributed by atoms with van der Waals surface area (Å²) in [6.45, 7) is 8.09. The summed E-state index contributed by atoms with van der Waals surface area (Å²) in [6.07, 6.45) is 3.17. The van der Waals surface area contributed by atoms with Crippen molar-refractivity contribution < 1.29 is 78.6 Å². The van der Waals surface area contributed by atoms with Crippen molar-refractivity contribution in [3.05, 3.63) is 71.4 Å². The molecule has 0 unspecified atom stereocenters. The molecule has 0 aliphatic carbocycles. The maximum absolute atomic E-state index is 10.2. The van der Waals surface area contributed by atoms with E-state index in [0.717, 1.165) is 18.2 Å². The summed E-state index contributed by atoms with van der Waals surface area (Å²) in [5.41, 5.74) is 0.331. The minimum atomic E-state index is -0.879. The van der Waals surface area contributed by atoms with Crippen LogP contribution in [0.1, 0.15) is 51.9 Å². The Morgan fingerprint density at radius 3 is 1.00 bits per heavy atom. The number of aromatic carboxylic acids is 1. The summed E-state index contributed by atoms with van der Waals surface area (Å²) in [6, 6.07) is 8.30. The van der Waals surface area contributed by atoms with Gasteiger partial charge in [-0.2, -0.15) is 0 Å². The first-order chi connectivity index (χ1) is 13.7. The number of hydrogen-bond acceptors (Lipinski definition) is 7. The van der Waals surface area contributed by atoms with Crippen molar-refractivity contribution in [2.45, 2.75) is 41.5 Å². The Kier molecular flexibility index (Phi) is 31.0. The number of ketones is 3. The van der Waals surface area contributed by atoms with Crippen molar-refractivity contribution in [1.82, 2.24) is 0 Å². The zero-order valence-corrected chi connectivity index (χ0v) is 25.3. The van der Waals surface area contributed by atoms with E-state index < -0.39 is 5.97 Å². The molecule has 168 valence electrons. The first-order valence-corrected chi connectivity index (χ1v) is 8.55. The summed E-state index contributed by atoms with van der Waals surface area (Å²) in [4.78, 5) is 40.1. The zero-order chi connectivity index (χ0) is 24.3. The van der Waals surface area contributed by atoms with Crippen molar-refractivity contribution >= 4 is 23.3 Å². The molecule has 8 nitrogen and oxygen atoms in total. The molecule has 0 amide bonds. The summed E-state index contributed by atoms with van der Waals surface area (Å²) in [7, 11) is 0. The molecule has 0 fully saturated rings. The summed E-state index contributed by atoms with van der Waals surface area (Å²) >= 11 is 0. The van der Waals surface area contributed by atoms with Crippen LogP contribution in [-0.2, 0) is 53.3 Å². The van der Waals surface area contributed by atoms with E-state index >= 15 is 0 Å². The number of benzene rings is 1. The number of carboxylic acid groups (broad SMARTS) is 1. The Morgan fingerprint density at radius 2 is 0.906 bits per heavy atom. The molecule has 0 atom stereocenters. The van der Waals surface area contributed by atoms with Gasteiger partial charge in [-0.15, -0.1) is 17.3 Å². The number of carboxylic acids is 1. The predicted octanol–water partition coefficient (Wildman–Crippen LogP) is 0.898. The van der Waals surface area contributed by atoms with E-state index in [2.05, 4.69) is 0 Å². The molecule has 32 heavy (non-hydrogen) atoms. The maximum atomic E-state index is 10.2. The molecular weight excluding hydrogens is 523 g/mol. The monoisotopic (exact) mass is 547 g/mol. The van der Waals surface area contributed by atoms with Crippen LogP contribution in [0.4, 0.5) is 0 Å². The molecule has 0 spiro atoms. The quantitative estimate of drug-likeness (QED) is 0.329. The van der Waals surface area contributed by atoms with Crippen LogP contribution in [0.2, 0.25) is 0 Å². The fourth-order valence-corrected chi connectivity index (χ4v) is 1.44. The van der Waals surface area contributed by atoms with E-state index in [1.54, 1.807) is 30.3 Å². The molecule has 0 bridgehead atoms. The van der Waals surface area contributed by atoms with Crippen LogP contribution in [-0.4, -0.2) is 28.4 Å². The van der Waals surface area contributed by atoms with E-state index in [-0.39, 0.29) is 73.6 Å². The molecule has 0 heterocycles. The number of rotatable bonds is 4. The largest absolute Gasteiger partial charge is 2.00 e. The fraction of sp³-hybridized carbons (Fsp3) is 0.273. The standard InChI is InChI=1S/C7H6O2.3C5H8O2.2Zn/c8-7(9)6-4-2-1-3-5-6;3*1-4(6)3-5(2)7;;/h1-5H,(H,8,9);3*3,6H,1-2H3;;/q;;;;;+2/p-3/b;3*4-3-;;. The van der Waals surface area contributed by atoms with E-state index in [1.165, 1.54) is 41.5 Å². The van der Waals surface area contributed by atoms with Crippen LogP contribution >= 0.6 is 0 Å². The SMILES string of the molecule is CC(=O)/C=C(/C)[O-].CC(=O)/C=C(/C)[O-].CC(=O)/C=C(/C)[O-].O=C(O)c1ccccc1.[Zn+2].[Zn]. The predicted molar refractivity (Wildman–Crippen MR) is 107 cm³/mol. The van der Waals surface area contributed by atoms with E-state index in [0.29, 0.717) is 5.56 Å². The second-order valence-electron chi connectivity index (χ2n) is 5.77. The molecule has 0 aliphatic rings. The van der Waals surface area contributed by atoms with Gasteiger partial charge in [0.2, 0.25) is 0 Å². The van der Waals surface area contributed by atoms with E-state index in [9.17, 15) is 34.5 Å². The van der Waals surface area contributed by atoms with Crippen LogP contribution in [0.25, 0.3) is 0 Å². The average Bonchev–Trinajstić information content (AvgIpc) is 2.53. The van der Waals surface area contributed by atoms with Crippen molar-refractivity contribution in [3.8, 4) is 0 Å². The summed E-state index contributed by atoms with van der Waals surface area (Å²) < 4.78 is 0. The average molecular weight is 550 g/mol. The normalized spacial score (nSPS) is 10.0. The molecule has 0 saturated heterocycles. The first-order valence-electron chi connectivity index (χ1n) is 8.55. The van der Waals surface area contributed by atoms with Gasteiger partial charge in [0.05, 0.1) is 5.56 Å². The Bertz CT molecular complexity index is 704. The van der Waals surface area contributed by atoms with Gasteiger partial charge in [0, 0.05) is 19.5 Å². The molecule has 0 radical (unpaired) electrons. The molecule has 10 heteroatoms. The Hall–Kier alpha value is -2.43. The van der Waals surface area contributed by atoms with Gasteiger partial charge in [0.15, 0.2) is 17.3 Å². The third-order valence-corrected chi connectivity index (χ3v) is 2.24. The van der Waals surface area contributed by atoms with Crippen molar-refractivity contribution in [3.63, 3.8) is 0 Å². The fourth-order valence-electron chi connectivity index (χ4n) is 1.44.